The van der Waals surface area contributed by atoms with Crippen molar-refractivity contribution in [3.63, 3.8) is 0 Å². The zero-order valence-electron chi connectivity index (χ0n) is 7.71. The van der Waals surface area contributed by atoms with Crippen LogP contribution in [0.4, 0.5) is 0 Å². The maximum atomic E-state index is 11.4. The molecule has 1 amide bonds. The summed E-state index contributed by atoms with van der Waals surface area (Å²) in [4.78, 5) is 12.6. The van der Waals surface area contributed by atoms with Gasteiger partial charge in [-0.05, 0) is 18.8 Å². The third kappa shape index (κ3) is 1.71. The lowest BCUT2D eigenvalue weighted by Gasteiger charge is -2.12. The first-order valence-corrected chi connectivity index (χ1v) is 4.28. The van der Waals surface area contributed by atoms with Crippen LogP contribution in [0.3, 0.4) is 0 Å². The van der Waals surface area contributed by atoms with Crippen LogP contribution < -0.4 is 0 Å². The fourth-order valence-corrected chi connectivity index (χ4v) is 1.58. The van der Waals surface area contributed by atoms with Crippen LogP contribution in [0.15, 0.2) is 12.3 Å². The van der Waals surface area contributed by atoms with Crippen molar-refractivity contribution in [2.75, 3.05) is 0 Å². The summed E-state index contributed by atoms with van der Waals surface area (Å²) < 4.78 is 0. The lowest BCUT2D eigenvalue weighted by Crippen LogP contribution is -2.23. The predicted octanol–water partition coefficient (Wildman–Crippen LogP) is 1.48. The number of nitrogens with zero attached hydrogens (tertiary/aromatic N) is 1. The molecule has 1 unspecified atom stereocenters. The van der Waals surface area contributed by atoms with E-state index >= 15 is 0 Å². The second-order valence-electron chi connectivity index (χ2n) is 3.81. The monoisotopic (exact) mass is 163 g/mol. The van der Waals surface area contributed by atoms with Gasteiger partial charge in [0.15, 0.2) is 0 Å². The van der Waals surface area contributed by atoms with Gasteiger partial charge in [0.25, 0.3) is 0 Å². The van der Waals surface area contributed by atoms with Crippen molar-refractivity contribution in [2.45, 2.75) is 26.7 Å². The van der Waals surface area contributed by atoms with E-state index in [1.165, 1.54) is 4.81 Å². The van der Waals surface area contributed by atoms with Gasteiger partial charge in [-0.25, -0.2) is 0 Å². The van der Waals surface area contributed by atoms with Gasteiger partial charge in [-0.15, -0.1) is 0 Å². The molecule has 64 valence electrons. The third-order valence-corrected chi connectivity index (χ3v) is 2.17. The van der Waals surface area contributed by atoms with E-state index in [-0.39, 0.29) is 11.8 Å². The number of hydrogen-bond acceptors (Lipinski definition) is 1. The molecule has 0 aromatic carbocycles. The molecule has 1 atom stereocenters. The zero-order chi connectivity index (χ0) is 9.30. The second kappa shape index (κ2) is 3.34. The highest BCUT2D eigenvalue weighted by molar-refractivity contribution is 6.17. The highest BCUT2D eigenvalue weighted by Gasteiger charge is 2.31. The first-order valence-electron chi connectivity index (χ1n) is 4.28. The average molecular weight is 163 g/mol. The van der Waals surface area contributed by atoms with E-state index in [1.54, 1.807) is 0 Å². The van der Waals surface area contributed by atoms with Crippen LogP contribution in [0.25, 0.3) is 0 Å². The third-order valence-electron chi connectivity index (χ3n) is 2.17. The molecule has 0 N–H and O–H groups in total. The quantitative estimate of drug-likeness (QED) is 0.564. The second-order valence-corrected chi connectivity index (χ2v) is 3.81. The van der Waals surface area contributed by atoms with E-state index in [9.17, 15) is 4.79 Å². The van der Waals surface area contributed by atoms with Crippen molar-refractivity contribution >= 4 is 13.9 Å². The molecule has 1 fully saturated rings. The standard InChI is InChI=1S/C9H14BNO/c1-6(2)4-8-5-7(3)11(10)9(8)12/h6,8H,3-5H2,1-2H3. The minimum atomic E-state index is 0.0219. The van der Waals surface area contributed by atoms with Gasteiger partial charge >= 0.3 is 0 Å². The molecule has 2 nitrogen and oxygen atoms in total. The fraction of sp³-hybridized carbons (Fsp3) is 0.667. The Kier molecular flexibility index (Phi) is 2.60. The van der Waals surface area contributed by atoms with Crippen LogP contribution >= 0.6 is 0 Å². The predicted molar refractivity (Wildman–Crippen MR) is 49.3 cm³/mol. The van der Waals surface area contributed by atoms with Crippen molar-refractivity contribution in [1.82, 2.24) is 4.81 Å². The van der Waals surface area contributed by atoms with E-state index in [4.69, 9.17) is 7.98 Å². The van der Waals surface area contributed by atoms with Crippen molar-refractivity contribution < 1.29 is 4.79 Å². The number of hydrogen-bond donors (Lipinski definition) is 0. The molecule has 1 rings (SSSR count). The van der Waals surface area contributed by atoms with E-state index in [0.717, 1.165) is 18.5 Å². The summed E-state index contributed by atoms with van der Waals surface area (Å²) in [5, 5.41) is 0. The van der Waals surface area contributed by atoms with Gasteiger partial charge in [-0.2, -0.15) is 0 Å². The Balaban J connectivity index is 2.59. The molecule has 0 saturated carbocycles. The smallest absolute Gasteiger partial charge is 0.238 e. The molecule has 1 aliphatic rings. The number of rotatable bonds is 2. The molecule has 1 heterocycles. The molecule has 0 aromatic rings. The molecule has 1 saturated heterocycles. The molecule has 3 heteroatoms. The molecule has 0 bridgehead atoms. The molecule has 0 spiro atoms. The average Bonchev–Trinajstić information content (AvgIpc) is 2.17. The highest BCUT2D eigenvalue weighted by Crippen LogP contribution is 2.29. The maximum Gasteiger partial charge on any atom is 0.238 e. The largest absolute Gasteiger partial charge is 0.373 e. The lowest BCUT2D eigenvalue weighted by molar-refractivity contribution is -0.127. The first-order chi connectivity index (χ1) is 5.52. The molecule has 1 aliphatic heterocycles. The number of amides is 1. The Morgan fingerprint density at radius 3 is 2.67 bits per heavy atom. The Hall–Kier alpha value is -0.725. The Bertz CT molecular complexity index is 213. The van der Waals surface area contributed by atoms with Crippen molar-refractivity contribution in [3.05, 3.63) is 12.3 Å². The molecule has 12 heavy (non-hydrogen) atoms. The number of carbonyl (C=O) groups is 1. The van der Waals surface area contributed by atoms with Crippen LogP contribution in [0, 0.1) is 11.8 Å². The van der Waals surface area contributed by atoms with E-state index < -0.39 is 0 Å². The van der Waals surface area contributed by atoms with Gasteiger partial charge in [0.1, 0.15) is 0 Å². The highest BCUT2D eigenvalue weighted by atomic mass is 16.2. The maximum absolute atomic E-state index is 11.4. The number of allylic oxidation sites excluding steroid dienone is 1. The lowest BCUT2D eigenvalue weighted by atomic mass is 9.95. The van der Waals surface area contributed by atoms with Crippen LogP contribution in [0.5, 0.6) is 0 Å². The van der Waals surface area contributed by atoms with Gasteiger partial charge in [0.05, 0.1) is 0 Å². The number of carbonyl (C=O) groups excluding carboxylic acids is 1. The fourth-order valence-electron chi connectivity index (χ4n) is 1.58. The van der Waals surface area contributed by atoms with Crippen molar-refractivity contribution in [3.8, 4) is 0 Å². The van der Waals surface area contributed by atoms with Gasteiger partial charge in [-0.1, -0.05) is 20.4 Å². The molecule has 2 radical (unpaired) electrons. The van der Waals surface area contributed by atoms with Gasteiger partial charge in [0, 0.05) is 11.6 Å². The summed E-state index contributed by atoms with van der Waals surface area (Å²) in [6.45, 7) is 7.94. The van der Waals surface area contributed by atoms with Crippen LogP contribution in [0.1, 0.15) is 26.7 Å². The summed E-state index contributed by atoms with van der Waals surface area (Å²) in [7, 11) is 5.47. The summed E-state index contributed by atoms with van der Waals surface area (Å²) >= 11 is 0. The van der Waals surface area contributed by atoms with Crippen LogP contribution in [-0.4, -0.2) is 18.7 Å². The Morgan fingerprint density at radius 2 is 2.33 bits per heavy atom. The van der Waals surface area contributed by atoms with E-state index in [2.05, 4.69) is 20.4 Å². The van der Waals surface area contributed by atoms with Crippen molar-refractivity contribution in [2.24, 2.45) is 11.8 Å². The van der Waals surface area contributed by atoms with Gasteiger partial charge < -0.3 is 4.81 Å². The summed E-state index contributed by atoms with van der Waals surface area (Å²) in [6.07, 6.45) is 1.64. The molecular formula is C9H14BNO. The van der Waals surface area contributed by atoms with Gasteiger partial charge in [-0.3, -0.25) is 4.79 Å². The normalized spacial score (nSPS) is 24.2. The Morgan fingerprint density at radius 1 is 1.75 bits per heavy atom. The summed E-state index contributed by atoms with van der Waals surface area (Å²) in [5.41, 5.74) is 0.741. The first kappa shape index (κ1) is 9.36. The van der Waals surface area contributed by atoms with Crippen LogP contribution in [-0.2, 0) is 4.79 Å². The van der Waals surface area contributed by atoms with Crippen molar-refractivity contribution in [1.29, 1.82) is 0 Å². The van der Waals surface area contributed by atoms with E-state index in [1.807, 2.05) is 0 Å². The van der Waals surface area contributed by atoms with Crippen LogP contribution in [0.2, 0.25) is 0 Å². The summed E-state index contributed by atoms with van der Waals surface area (Å²) in [5.74, 6) is 0.634. The minimum absolute atomic E-state index is 0.0219. The van der Waals surface area contributed by atoms with Gasteiger partial charge in [0.2, 0.25) is 13.9 Å². The molecular weight excluding hydrogens is 149 g/mol. The minimum Gasteiger partial charge on any atom is -0.373 e. The van der Waals surface area contributed by atoms with E-state index in [0.29, 0.717) is 5.92 Å². The molecule has 0 aliphatic carbocycles. The zero-order valence-corrected chi connectivity index (χ0v) is 7.71. The SMILES string of the molecule is [B]N1C(=C)CC(CC(C)C)C1=O. The Labute approximate surface area is 75.1 Å². The molecule has 0 aromatic heterocycles. The summed E-state index contributed by atoms with van der Waals surface area (Å²) in [6, 6.07) is 0. The topological polar surface area (TPSA) is 20.3 Å².